The summed E-state index contributed by atoms with van der Waals surface area (Å²) in [5, 5.41) is 0.847. The van der Waals surface area contributed by atoms with Crippen molar-refractivity contribution in [2.45, 2.75) is 25.2 Å². The summed E-state index contributed by atoms with van der Waals surface area (Å²) in [5.41, 5.74) is 7.41. The smallest absolute Gasteiger partial charge is 0.250 e. The maximum Gasteiger partial charge on any atom is 0.250 e. The molecule has 2 fully saturated rings. The van der Waals surface area contributed by atoms with Crippen molar-refractivity contribution >= 4 is 32.6 Å². The second-order valence-electron chi connectivity index (χ2n) is 7.70. The van der Waals surface area contributed by atoms with E-state index in [1.807, 2.05) is 24.3 Å². The third-order valence-electron chi connectivity index (χ3n) is 5.72. The lowest BCUT2D eigenvalue weighted by Gasteiger charge is -2.34. The number of amides is 2. The van der Waals surface area contributed by atoms with Gasteiger partial charge in [-0.25, -0.2) is 8.42 Å². The summed E-state index contributed by atoms with van der Waals surface area (Å²) >= 11 is 0. The third-order valence-corrected chi connectivity index (χ3v) is 7.49. The molecule has 1 aromatic carbocycles. The number of piperidine rings is 1. The van der Waals surface area contributed by atoms with E-state index in [-0.39, 0.29) is 23.3 Å². The zero-order valence-corrected chi connectivity index (χ0v) is 16.3. The van der Waals surface area contributed by atoms with E-state index in [0.717, 1.165) is 23.7 Å². The number of benzene rings is 1. The molecule has 2 aliphatic heterocycles. The van der Waals surface area contributed by atoms with Crippen molar-refractivity contribution in [2.24, 2.45) is 11.7 Å². The van der Waals surface area contributed by atoms with Gasteiger partial charge in [-0.3, -0.25) is 14.6 Å². The van der Waals surface area contributed by atoms with E-state index >= 15 is 0 Å². The van der Waals surface area contributed by atoms with Gasteiger partial charge in [-0.05, 0) is 31.4 Å². The van der Waals surface area contributed by atoms with Crippen molar-refractivity contribution in [3.63, 3.8) is 0 Å². The Morgan fingerprint density at radius 3 is 2.68 bits per heavy atom. The lowest BCUT2D eigenvalue weighted by molar-refractivity contribution is -0.136. The van der Waals surface area contributed by atoms with Crippen LogP contribution in [0.5, 0.6) is 0 Å². The quantitative estimate of drug-likeness (QED) is 0.837. The van der Waals surface area contributed by atoms with Crippen LogP contribution in [-0.2, 0) is 14.6 Å². The Morgan fingerprint density at radius 1 is 1.18 bits per heavy atom. The molecule has 2 amide bonds. The molecular weight excluding hydrogens is 378 g/mol. The molecule has 3 heterocycles. The summed E-state index contributed by atoms with van der Waals surface area (Å²) in [6, 6.07) is 9.31. The molecule has 0 aliphatic carbocycles. The van der Waals surface area contributed by atoms with Crippen molar-refractivity contribution < 1.29 is 18.0 Å². The van der Waals surface area contributed by atoms with Crippen LogP contribution < -0.4 is 5.73 Å². The molecule has 2 aromatic rings. The average molecular weight is 401 g/mol. The predicted molar refractivity (Wildman–Crippen MR) is 106 cm³/mol. The van der Waals surface area contributed by atoms with Crippen molar-refractivity contribution in [2.75, 3.05) is 24.6 Å². The van der Waals surface area contributed by atoms with Crippen LogP contribution >= 0.6 is 0 Å². The molecule has 4 rings (SSSR count). The molecule has 1 aromatic heterocycles. The average Bonchev–Trinajstić information content (AvgIpc) is 3.06. The first-order valence-electron chi connectivity index (χ1n) is 9.53. The minimum atomic E-state index is -3.11. The van der Waals surface area contributed by atoms with Gasteiger partial charge in [0.1, 0.15) is 0 Å². The minimum absolute atomic E-state index is 0.0617. The molecule has 148 valence electrons. The van der Waals surface area contributed by atoms with Crippen LogP contribution in [0.2, 0.25) is 0 Å². The standard InChI is InChI=1S/C20H23N3O4S/c21-19(24)16-10-13-4-1-2-6-17(13)22-18(16)14-5-3-8-23(11-14)20(25)15-7-9-28(26,27)12-15/h1-2,4,6,10,14-15H,3,5,7-9,11-12H2,(H2,21,24). The maximum absolute atomic E-state index is 12.8. The number of para-hydroxylation sites is 1. The molecule has 0 radical (unpaired) electrons. The van der Waals surface area contributed by atoms with Crippen LogP contribution in [-0.4, -0.2) is 54.7 Å². The molecule has 0 bridgehead atoms. The van der Waals surface area contributed by atoms with Gasteiger partial charge in [0.25, 0.3) is 5.91 Å². The number of nitrogens with two attached hydrogens (primary N) is 1. The van der Waals surface area contributed by atoms with Crippen LogP contribution in [0.4, 0.5) is 0 Å². The molecule has 2 saturated heterocycles. The van der Waals surface area contributed by atoms with Crippen LogP contribution in [0.3, 0.4) is 0 Å². The van der Waals surface area contributed by atoms with Crippen molar-refractivity contribution in [3.05, 3.63) is 41.6 Å². The number of hydrogen-bond donors (Lipinski definition) is 1. The molecule has 2 atom stereocenters. The summed E-state index contributed by atoms with van der Waals surface area (Å²) in [6.45, 7) is 1.03. The molecule has 28 heavy (non-hydrogen) atoms. The molecular formula is C20H23N3O4S. The van der Waals surface area contributed by atoms with E-state index in [2.05, 4.69) is 0 Å². The van der Waals surface area contributed by atoms with E-state index in [0.29, 0.717) is 30.8 Å². The fraction of sp³-hybridized carbons (Fsp3) is 0.450. The monoisotopic (exact) mass is 401 g/mol. The van der Waals surface area contributed by atoms with E-state index in [1.165, 1.54) is 0 Å². The number of fused-ring (bicyclic) bond motifs is 1. The van der Waals surface area contributed by atoms with Crippen molar-refractivity contribution in [1.29, 1.82) is 0 Å². The summed E-state index contributed by atoms with van der Waals surface area (Å²) in [7, 11) is -3.11. The number of carbonyl (C=O) groups excluding carboxylic acids is 2. The normalized spacial score (nSPS) is 24.4. The number of rotatable bonds is 3. The van der Waals surface area contributed by atoms with Gasteiger partial charge >= 0.3 is 0 Å². The lowest BCUT2D eigenvalue weighted by Crippen LogP contribution is -2.43. The number of primary amides is 1. The Bertz CT molecular complexity index is 1050. The van der Waals surface area contributed by atoms with Gasteiger partial charge in [0.05, 0.1) is 34.2 Å². The lowest BCUT2D eigenvalue weighted by atomic mass is 9.90. The molecule has 0 saturated carbocycles. The van der Waals surface area contributed by atoms with E-state index in [9.17, 15) is 18.0 Å². The van der Waals surface area contributed by atoms with Crippen LogP contribution in [0.1, 0.15) is 41.2 Å². The number of nitrogens with zero attached hydrogens (tertiary/aromatic N) is 2. The number of sulfone groups is 1. The Morgan fingerprint density at radius 2 is 1.96 bits per heavy atom. The first-order valence-corrected chi connectivity index (χ1v) is 11.3. The maximum atomic E-state index is 12.8. The van der Waals surface area contributed by atoms with Gasteiger partial charge in [-0.2, -0.15) is 0 Å². The summed E-state index contributed by atoms with van der Waals surface area (Å²) in [5.74, 6) is -1.16. The number of hydrogen-bond acceptors (Lipinski definition) is 5. The van der Waals surface area contributed by atoms with Gasteiger partial charge in [-0.15, -0.1) is 0 Å². The van der Waals surface area contributed by atoms with Crippen molar-refractivity contribution in [3.8, 4) is 0 Å². The highest BCUT2D eigenvalue weighted by molar-refractivity contribution is 7.91. The van der Waals surface area contributed by atoms with Gasteiger partial charge in [0.15, 0.2) is 9.84 Å². The second kappa shape index (κ2) is 7.16. The highest BCUT2D eigenvalue weighted by Crippen LogP contribution is 2.31. The molecule has 2 unspecified atom stereocenters. The van der Waals surface area contributed by atoms with E-state index < -0.39 is 21.7 Å². The topological polar surface area (TPSA) is 110 Å². The Kier molecular flexibility index (Phi) is 4.82. The minimum Gasteiger partial charge on any atom is -0.366 e. The summed E-state index contributed by atoms with van der Waals surface area (Å²) in [6.07, 6.45) is 1.98. The largest absolute Gasteiger partial charge is 0.366 e. The van der Waals surface area contributed by atoms with Crippen LogP contribution in [0.15, 0.2) is 30.3 Å². The number of carbonyl (C=O) groups is 2. The van der Waals surface area contributed by atoms with Crippen molar-refractivity contribution in [1.82, 2.24) is 9.88 Å². The Balaban J connectivity index is 1.62. The molecule has 2 N–H and O–H groups in total. The first kappa shape index (κ1) is 18.9. The SMILES string of the molecule is NC(=O)c1cc2ccccc2nc1C1CCCN(C(=O)C2CCS(=O)(=O)C2)C1. The zero-order valence-electron chi connectivity index (χ0n) is 15.5. The predicted octanol–water partition coefficient (Wildman–Crippen LogP) is 1.47. The molecule has 7 nitrogen and oxygen atoms in total. The Labute approximate surface area is 163 Å². The molecule has 2 aliphatic rings. The summed E-state index contributed by atoms with van der Waals surface area (Å²) in [4.78, 5) is 31.3. The Hall–Kier alpha value is -2.48. The zero-order chi connectivity index (χ0) is 19.9. The van der Waals surface area contributed by atoms with Gasteiger partial charge in [0, 0.05) is 24.4 Å². The highest BCUT2D eigenvalue weighted by atomic mass is 32.2. The first-order chi connectivity index (χ1) is 13.3. The van der Waals surface area contributed by atoms with E-state index in [4.69, 9.17) is 10.7 Å². The fourth-order valence-electron chi connectivity index (χ4n) is 4.29. The third kappa shape index (κ3) is 3.61. The van der Waals surface area contributed by atoms with Gasteiger partial charge in [-0.1, -0.05) is 18.2 Å². The number of pyridine rings is 1. The highest BCUT2D eigenvalue weighted by Gasteiger charge is 2.37. The second-order valence-corrected chi connectivity index (χ2v) is 9.93. The summed E-state index contributed by atoms with van der Waals surface area (Å²) < 4.78 is 23.5. The number of likely N-dealkylation sites (tertiary alicyclic amines) is 1. The van der Waals surface area contributed by atoms with Crippen LogP contribution in [0, 0.1) is 5.92 Å². The number of aromatic nitrogens is 1. The van der Waals surface area contributed by atoms with Gasteiger partial charge in [0.2, 0.25) is 5.91 Å². The fourth-order valence-corrected chi connectivity index (χ4v) is 6.02. The molecule has 8 heteroatoms. The molecule has 0 spiro atoms. The van der Waals surface area contributed by atoms with Crippen LogP contribution in [0.25, 0.3) is 10.9 Å². The van der Waals surface area contributed by atoms with Gasteiger partial charge < -0.3 is 10.6 Å². The van der Waals surface area contributed by atoms with E-state index in [1.54, 1.807) is 11.0 Å².